The molecule has 0 aliphatic rings. The summed E-state index contributed by atoms with van der Waals surface area (Å²) in [5.74, 6) is 1.05. The molecule has 1 aromatic carbocycles. The molecule has 0 bridgehead atoms. The number of benzene rings is 1. The number of fused-ring (bicyclic) bond motifs is 1. The van der Waals surface area contributed by atoms with Gasteiger partial charge in [-0.2, -0.15) is 4.98 Å². The second-order valence-corrected chi connectivity index (χ2v) is 7.92. The van der Waals surface area contributed by atoms with Crippen molar-refractivity contribution in [1.82, 2.24) is 20.4 Å². The highest BCUT2D eigenvalue weighted by molar-refractivity contribution is 7.13. The number of rotatable bonds is 7. The number of amides is 1. The van der Waals surface area contributed by atoms with Crippen LogP contribution in [0.1, 0.15) is 30.4 Å². The maximum absolute atomic E-state index is 12.3. The highest BCUT2D eigenvalue weighted by Gasteiger charge is 2.14. The van der Waals surface area contributed by atoms with Gasteiger partial charge in [0.2, 0.25) is 17.6 Å². The van der Waals surface area contributed by atoms with Crippen molar-refractivity contribution in [2.24, 2.45) is 0 Å². The lowest BCUT2D eigenvalue weighted by Gasteiger charge is -2.13. The van der Waals surface area contributed by atoms with Crippen LogP contribution < -0.4 is 5.32 Å². The average molecular weight is 394 g/mol. The van der Waals surface area contributed by atoms with E-state index in [0.29, 0.717) is 24.6 Å². The molecule has 0 aliphatic heterocycles. The molecule has 144 valence electrons. The van der Waals surface area contributed by atoms with E-state index in [4.69, 9.17) is 4.52 Å². The Morgan fingerprint density at radius 2 is 2.21 bits per heavy atom. The number of thiophene rings is 1. The van der Waals surface area contributed by atoms with Crippen LogP contribution in [-0.4, -0.2) is 27.1 Å². The summed E-state index contributed by atoms with van der Waals surface area (Å²) in [4.78, 5) is 21.0. The van der Waals surface area contributed by atoms with Crippen LogP contribution in [0, 0.1) is 6.92 Å². The zero-order valence-electron chi connectivity index (χ0n) is 15.9. The van der Waals surface area contributed by atoms with Gasteiger partial charge in [-0.25, -0.2) is 0 Å². The SMILES string of the molecule is Cc1cccc2c(C[C@@H](C)NC(=O)CCc3nc(-c4cccs4)no3)c[nH]c12. The number of nitrogens with zero attached hydrogens (tertiary/aromatic N) is 2. The fraction of sp³-hybridized carbons (Fsp3) is 0.286. The fourth-order valence-electron chi connectivity index (χ4n) is 3.34. The first-order chi connectivity index (χ1) is 13.6. The number of hydrogen-bond donors (Lipinski definition) is 2. The van der Waals surface area contributed by atoms with Crippen LogP contribution in [-0.2, 0) is 17.6 Å². The van der Waals surface area contributed by atoms with Crippen molar-refractivity contribution >= 4 is 28.1 Å². The lowest BCUT2D eigenvalue weighted by molar-refractivity contribution is -0.121. The summed E-state index contributed by atoms with van der Waals surface area (Å²) in [5, 5.41) is 10.2. The molecule has 6 nitrogen and oxygen atoms in total. The maximum atomic E-state index is 12.3. The van der Waals surface area contributed by atoms with Gasteiger partial charge in [0.1, 0.15) is 0 Å². The predicted molar refractivity (Wildman–Crippen MR) is 110 cm³/mol. The molecule has 28 heavy (non-hydrogen) atoms. The number of para-hydroxylation sites is 1. The van der Waals surface area contributed by atoms with Crippen LogP contribution in [0.4, 0.5) is 0 Å². The molecule has 0 saturated heterocycles. The van der Waals surface area contributed by atoms with Crippen LogP contribution in [0.3, 0.4) is 0 Å². The summed E-state index contributed by atoms with van der Waals surface area (Å²) in [6, 6.07) is 10.2. The Balaban J connectivity index is 1.30. The maximum Gasteiger partial charge on any atom is 0.227 e. The van der Waals surface area contributed by atoms with Crippen LogP contribution in [0.15, 0.2) is 46.4 Å². The lowest BCUT2D eigenvalue weighted by atomic mass is 10.0. The minimum atomic E-state index is -0.0144. The number of aryl methyl sites for hydroxylation is 2. The summed E-state index contributed by atoms with van der Waals surface area (Å²) in [6.45, 7) is 4.11. The summed E-state index contributed by atoms with van der Waals surface area (Å²) in [5.41, 5.74) is 3.60. The Morgan fingerprint density at radius 3 is 3.04 bits per heavy atom. The van der Waals surface area contributed by atoms with Gasteiger partial charge in [0.05, 0.1) is 4.88 Å². The van der Waals surface area contributed by atoms with Gasteiger partial charge in [-0.15, -0.1) is 11.3 Å². The average Bonchev–Trinajstić information content (AvgIpc) is 3.41. The van der Waals surface area contributed by atoms with Crippen LogP contribution in [0.2, 0.25) is 0 Å². The molecular formula is C21H22N4O2S. The molecule has 0 aliphatic carbocycles. The Kier molecular flexibility index (Phi) is 5.25. The normalized spacial score (nSPS) is 12.4. The standard InChI is InChI=1S/C21H22N4O2S/c1-13-5-3-6-16-15(12-22-20(13)16)11-14(2)23-18(26)8-9-19-24-21(25-27-19)17-7-4-10-28-17/h3-7,10,12,14,22H,8-9,11H2,1-2H3,(H,23,26)/t14-/m1/s1. The Bertz CT molecular complexity index is 1080. The van der Waals surface area contributed by atoms with Gasteiger partial charge in [0, 0.05) is 36.0 Å². The van der Waals surface area contributed by atoms with Crippen molar-refractivity contribution in [2.75, 3.05) is 0 Å². The van der Waals surface area contributed by atoms with Gasteiger partial charge in [0.25, 0.3) is 0 Å². The topological polar surface area (TPSA) is 83.8 Å². The van der Waals surface area contributed by atoms with Crippen molar-refractivity contribution in [3.63, 3.8) is 0 Å². The van der Waals surface area contributed by atoms with Crippen molar-refractivity contribution in [3.05, 3.63) is 58.9 Å². The minimum Gasteiger partial charge on any atom is -0.361 e. The molecule has 3 heterocycles. The van der Waals surface area contributed by atoms with E-state index in [-0.39, 0.29) is 11.9 Å². The van der Waals surface area contributed by atoms with Crippen LogP contribution in [0.25, 0.3) is 21.6 Å². The number of hydrogen-bond acceptors (Lipinski definition) is 5. The van der Waals surface area contributed by atoms with Crippen LogP contribution in [0.5, 0.6) is 0 Å². The largest absolute Gasteiger partial charge is 0.361 e. The van der Waals surface area contributed by atoms with Gasteiger partial charge in [-0.3, -0.25) is 4.79 Å². The Morgan fingerprint density at radius 1 is 1.32 bits per heavy atom. The first-order valence-corrected chi connectivity index (χ1v) is 10.2. The molecular weight excluding hydrogens is 372 g/mol. The number of nitrogens with one attached hydrogen (secondary N) is 2. The Hall–Kier alpha value is -2.93. The molecule has 0 saturated carbocycles. The number of H-pyrrole nitrogens is 1. The highest BCUT2D eigenvalue weighted by Crippen LogP contribution is 2.23. The first kappa shape index (κ1) is 18.4. The number of aromatic amines is 1. The first-order valence-electron chi connectivity index (χ1n) is 9.31. The van der Waals surface area contributed by atoms with E-state index in [1.54, 1.807) is 11.3 Å². The van der Waals surface area contributed by atoms with Gasteiger partial charge in [-0.1, -0.05) is 29.4 Å². The molecule has 7 heteroatoms. The summed E-state index contributed by atoms with van der Waals surface area (Å²) in [6.07, 6.45) is 3.57. The minimum absolute atomic E-state index is 0.0144. The van der Waals surface area contributed by atoms with E-state index in [0.717, 1.165) is 16.8 Å². The van der Waals surface area contributed by atoms with E-state index in [1.807, 2.05) is 30.6 Å². The Labute approximate surface area is 167 Å². The third kappa shape index (κ3) is 3.99. The highest BCUT2D eigenvalue weighted by atomic mass is 32.1. The lowest BCUT2D eigenvalue weighted by Crippen LogP contribution is -2.34. The van der Waals surface area contributed by atoms with Crippen molar-refractivity contribution in [2.45, 2.75) is 39.2 Å². The zero-order chi connectivity index (χ0) is 19.5. The van der Waals surface area contributed by atoms with E-state index >= 15 is 0 Å². The van der Waals surface area contributed by atoms with Crippen molar-refractivity contribution < 1.29 is 9.32 Å². The summed E-state index contributed by atoms with van der Waals surface area (Å²) >= 11 is 1.56. The smallest absolute Gasteiger partial charge is 0.227 e. The molecule has 1 amide bonds. The molecule has 0 spiro atoms. The van der Waals surface area contributed by atoms with Gasteiger partial charge in [-0.05, 0) is 42.8 Å². The number of carbonyl (C=O) groups excluding carboxylic acids is 1. The molecule has 0 radical (unpaired) electrons. The summed E-state index contributed by atoms with van der Waals surface area (Å²) in [7, 11) is 0. The van der Waals surface area contributed by atoms with E-state index in [2.05, 4.69) is 45.6 Å². The monoisotopic (exact) mass is 394 g/mol. The number of carbonyl (C=O) groups is 1. The molecule has 0 fully saturated rings. The second-order valence-electron chi connectivity index (χ2n) is 6.97. The van der Waals surface area contributed by atoms with Gasteiger partial charge in [0.15, 0.2) is 0 Å². The molecule has 1 atom stereocenters. The quantitative estimate of drug-likeness (QED) is 0.490. The third-order valence-electron chi connectivity index (χ3n) is 4.72. The van der Waals surface area contributed by atoms with E-state index in [1.165, 1.54) is 16.5 Å². The second kappa shape index (κ2) is 7.98. The zero-order valence-corrected chi connectivity index (χ0v) is 16.7. The molecule has 4 rings (SSSR count). The molecule has 3 aromatic heterocycles. The molecule has 0 unspecified atom stereocenters. The van der Waals surface area contributed by atoms with E-state index in [9.17, 15) is 4.79 Å². The van der Waals surface area contributed by atoms with Gasteiger partial charge >= 0.3 is 0 Å². The van der Waals surface area contributed by atoms with Gasteiger partial charge < -0.3 is 14.8 Å². The fourth-order valence-corrected chi connectivity index (χ4v) is 3.99. The number of aromatic nitrogens is 3. The molecule has 2 N–H and O–H groups in total. The van der Waals surface area contributed by atoms with Crippen molar-refractivity contribution in [3.8, 4) is 10.7 Å². The van der Waals surface area contributed by atoms with E-state index < -0.39 is 0 Å². The van der Waals surface area contributed by atoms with Crippen molar-refractivity contribution in [1.29, 1.82) is 0 Å². The summed E-state index contributed by atoms with van der Waals surface area (Å²) < 4.78 is 5.25. The van der Waals surface area contributed by atoms with Crippen LogP contribution >= 0.6 is 11.3 Å². The third-order valence-corrected chi connectivity index (χ3v) is 5.58. The predicted octanol–water partition coefficient (Wildman–Crippen LogP) is 4.27. The molecule has 4 aromatic rings.